The summed E-state index contributed by atoms with van der Waals surface area (Å²) >= 11 is 0. The molecule has 0 radical (unpaired) electrons. The molecule has 0 aliphatic heterocycles. The molecule has 0 bridgehead atoms. The molecule has 0 saturated heterocycles. The second kappa shape index (κ2) is 8.41. The second-order valence-corrected chi connectivity index (χ2v) is 5.76. The minimum absolute atomic E-state index is 0.0944. The number of nitrogens with zero attached hydrogens (tertiary/aromatic N) is 4. The molecule has 0 amide bonds. The van der Waals surface area contributed by atoms with Crippen molar-refractivity contribution in [1.29, 1.82) is 5.26 Å². The number of pyridine rings is 1. The number of nitriles is 1. The van der Waals surface area contributed by atoms with Crippen molar-refractivity contribution >= 4 is 23.0 Å². The van der Waals surface area contributed by atoms with Crippen molar-refractivity contribution in [2.24, 2.45) is 0 Å². The fraction of sp³-hybridized carbons (Fsp3) is 0. The van der Waals surface area contributed by atoms with Gasteiger partial charge >= 0.3 is 0 Å². The van der Waals surface area contributed by atoms with Gasteiger partial charge in [0.1, 0.15) is 11.9 Å². The summed E-state index contributed by atoms with van der Waals surface area (Å²) in [5.74, 6) is 0.658. The van der Waals surface area contributed by atoms with Gasteiger partial charge < -0.3 is 4.74 Å². The van der Waals surface area contributed by atoms with Crippen molar-refractivity contribution in [2.45, 2.75) is 0 Å². The van der Waals surface area contributed by atoms with Gasteiger partial charge in [0.2, 0.25) is 5.88 Å². The van der Waals surface area contributed by atoms with E-state index in [9.17, 15) is 25.5 Å². The lowest BCUT2D eigenvalue weighted by molar-refractivity contribution is -0.385. The second-order valence-electron chi connectivity index (χ2n) is 5.76. The highest BCUT2D eigenvalue weighted by molar-refractivity contribution is 5.90. The minimum Gasteiger partial charge on any atom is -0.439 e. The molecule has 2 aromatic carbocycles. The fourth-order valence-electron chi connectivity index (χ4n) is 2.43. The van der Waals surface area contributed by atoms with Crippen LogP contribution >= 0.6 is 0 Å². The van der Waals surface area contributed by atoms with Crippen molar-refractivity contribution in [3.8, 4) is 17.7 Å². The molecule has 0 spiro atoms. The lowest BCUT2D eigenvalue weighted by Gasteiger charge is -2.05. The first kappa shape index (κ1) is 19.2. The van der Waals surface area contributed by atoms with E-state index in [0.717, 1.165) is 6.20 Å². The molecule has 9 nitrogen and oxygen atoms in total. The molecule has 9 heteroatoms. The third kappa shape index (κ3) is 4.78. The molecular formula is C20H12N4O5. The van der Waals surface area contributed by atoms with Gasteiger partial charge in [-0.15, -0.1) is 0 Å². The van der Waals surface area contributed by atoms with Gasteiger partial charge in [-0.25, -0.2) is 4.98 Å². The smallest absolute Gasteiger partial charge is 0.287 e. The Morgan fingerprint density at radius 1 is 1.00 bits per heavy atom. The third-order valence-corrected chi connectivity index (χ3v) is 3.83. The van der Waals surface area contributed by atoms with E-state index in [0.29, 0.717) is 16.9 Å². The maximum absolute atomic E-state index is 10.9. The number of rotatable bonds is 6. The molecule has 1 heterocycles. The van der Waals surface area contributed by atoms with Crippen molar-refractivity contribution in [1.82, 2.24) is 4.98 Å². The number of ether oxygens (including phenoxy) is 1. The zero-order valence-corrected chi connectivity index (χ0v) is 14.8. The van der Waals surface area contributed by atoms with E-state index < -0.39 is 9.85 Å². The Morgan fingerprint density at radius 2 is 1.72 bits per heavy atom. The van der Waals surface area contributed by atoms with Gasteiger partial charge in [0.15, 0.2) is 0 Å². The minimum atomic E-state index is -0.550. The zero-order chi connectivity index (χ0) is 20.8. The first-order valence-electron chi connectivity index (χ1n) is 8.21. The zero-order valence-electron chi connectivity index (χ0n) is 14.8. The standard InChI is InChI=1S/C20H12N4O5/c21-12-16(15-2-1-3-17(11-15)23(25)26)10-14-4-7-19(8-5-14)29-20-9-6-18(13-22-20)24(27)28/h1-11,13H. The number of hydrogen-bond acceptors (Lipinski definition) is 7. The summed E-state index contributed by atoms with van der Waals surface area (Å²) in [7, 11) is 0. The summed E-state index contributed by atoms with van der Waals surface area (Å²) in [6.07, 6.45) is 2.71. The summed E-state index contributed by atoms with van der Waals surface area (Å²) in [6.45, 7) is 0. The molecule has 0 aliphatic rings. The molecule has 142 valence electrons. The number of aromatic nitrogens is 1. The van der Waals surface area contributed by atoms with Gasteiger partial charge in [-0.3, -0.25) is 20.2 Å². The maximum Gasteiger partial charge on any atom is 0.287 e. The lowest BCUT2D eigenvalue weighted by atomic mass is 10.0. The van der Waals surface area contributed by atoms with Gasteiger partial charge in [-0.2, -0.15) is 5.26 Å². The van der Waals surface area contributed by atoms with Crippen LogP contribution in [0.4, 0.5) is 11.4 Å². The van der Waals surface area contributed by atoms with E-state index in [1.807, 2.05) is 6.07 Å². The van der Waals surface area contributed by atoms with Gasteiger partial charge in [-0.05, 0) is 29.3 Å². The van der Waals surface area contributed by atoms with E-state index in [-0.39, 0.29) is 22.8 Å². The molecule has 0 saturated carbocycles. The monoisotopic (exact) mass is 388 g/mol. The molecule has 0 aliphatic carbocycles. The summed E-state index contributed by atoms with van der Waals surface area (Å²) in [5.41, 5.74) is 1.18. The summed E-state index contributed by atoms with van der Waals surface area (Å²) in [4.78, 5) is 24.4. The van der Waals surface area contributed by atoms with Crippen LogP contribution in [0.3, 0.4) is 0 Å². The molecule has 1 aromatic heterocycles. The highest BCUT2D eigenvalue weighted by Gasteiger charge is 2.09. The topological polar surface area (TPSA) is 132 Å². The number of benzene rings is 2. The van der Waals surface area contributed by atoms with Crippen LogP contribution in [-0.4, -0.2) is 14.8 Å². The Morgan fingerprint density at radius 3 is 2.31 bits per heavy atom. The molecule has 29 heavy (non-hydrogen) atoms. The Bertz CT molecular complexity index is 1130. The number of non-ortho nitro benzene ring substituents is 1. The van der Waals surface area contributed by atoms with E-state index >= 15 is 0 Å². The van der Waals surface area contributed by atoms with Gasteiger partial charge in [-0.1, -0.05) is 24.3 Å². The fourth-order valence-corrected chi connectivity index (χ4v) is 2.43. The van der Waals surface area contributed by atoms with E-state index in [1.165, 1.54) is 30.3 Å². The Balaban J connectivity index is 1.78. The van der Waals surface area contributed by atoms with E-state index in [2.05, 4.69) is 4.98 Å². The maximum atomic E-state index is 10.9. The molecule has 0 N–H and O–H groups in total. The lowest BCUT2D eigenvalue weighted by Crippen LogP contribution is -1.91. The average molecular weight is 388 g/mol. The Hall–Kier alpha value is -4.58. The van der Waals surface area contributed by atoms with Crippen LogP contribution < -0.4 is 4.74 Å². The molecule has 3 aromatic rings. The summed E-state index contributed by atoms with van der Waals surface area (Å²) in [5, 5.41) is 31.0. The SMILES string of the molecule is N#CC(=Cc1ccc(Oc2ccc([N+](=O)[O-])cn2)cc1)c1cccc([N+](=O)[O-])c1. The van der Waals surface area contributed by atoms with E-state index in [4.69, 9.17) is 4.74 Å². The van der Waals surface area contributed by atoms with Crippen LogP contribution in [0, 0.1) is 31.6 Å². The number of nitro benzene ring substituents is 1. The van der Waals surface area contributed by atoms with Crippen LogP contribution in [0.5, 0.6) is 11.6 Å². The molecular weight excluding hydrogens is 376 g/mol. The quantitative estimate of drug-likeness (QED) is 0.257. The van der Waals surface area contributed by atoms with Gasteiger partial charge in [0, 0.05) is 24.3 Å². The molecule has 0 atom stereocenters. The van der Waals surface area contributed by atoms with Crippen LogP contribution in [0.2, 0.25) is 0 Å². The number of hydrogen-bond donors (Lipinski definition) is 0. The van der Waals surface area contributed by atoms with Gasteiger partial charge in [0.05, 0.1) is 21.5 Å². The van der Waals surface area contributed by atoms with Crippen LogP contribution in [0.15, 0.2) is 66.9 Å². The van der Waals surface area contributed by atoms with Crippen molar-refractivity contribution in [3.63, 3.8) is 0 Å². The first-order valence-corrected chi connectivity index (χ1v) is 8.21. The Kier molecular flexibility index (Phi) is 5.56. The largest absolute Gasteiger partial charge is 0.439 e. The third-order valence-electron chi connectivity index (χ3n) is 3.83. The number of nitro groups is 2. The number of allylic oxidation sites excluding steroid dienone is 1. The van der Waals surface area contributed by atoms with Crippen LogP contribution in [0.1, 0.15) is 11.1 Å². The van der Waals surface area contributed by atoms with Crippen LogP contribution in [-0.2, 0) is 0 Å². The Labute approximate surface area is 164 Å². The summed E-state index contributed by atoms with van der Waals surface area (Å²) in [6, 6.07) is 17.3. The highest BCUT2D eigenvalue weighted by Crippen LogP contribution is 2.25. The highest BCUT2D eigenvalue weighted by atomic mass is 16.6. The van der Waals surface area contributed by atoms with Crippen molar-refractivity contribution in [3.05, 3.63) is 98.2 Å². The van der Waals surface area contributed by atoms with Crippen molar-refractivity contribution in [2.75, 3.05) is 0 Å². The predicted molar refractivity (Wildman–Crippen MR) is 104 cm³/mol. The molecule has 3 rings (SSSR count). The first-order chi connectivity index (χ1) is 14.0. The van der Waals surface area contributed by atoms with Gasteiger partial charge in [0.25, 0.3) is 11.4 Å². The predicted octanol–water partition coefficient (Wildman–Crippen LogP) is 4.75. The van der Waals surface area contributed by atoms with Crippen LogP contribution in [0.25, 0.3) is 11.6 Å². The van der Waals surface area contributed by atoms with Crippen molar-refractivity contribution < 1.29 is 14.6 Å². The normalized spacial score (nSPS) is 10.8. The molecule has 0 unspecified atom stereocenters. The average Bonchev–Trinajstić information content (AvgIpc) is 2.73. The summed E-state index contributed by atoms with van der Waals surface area (Å²) < 4.78 is 5.53. The van der Waals surface area contributed by atoms with E-state index in [1.54, 1.807) is 36.4 Å². The molecule has 0 fully saturated rings.